The number of hydrogen-bond donors (Lipinski definition) is 1. The Hall–Kier alpha value is -2.59. The molecule has 6 nitrogen and oxygen atoms in total. The Morgan fingerprint density at radius 3 is 2.41 bits per heavy atom. The van der Waals surface area contributed by atoms with Gasteiger partial charge in [-0.2, -0.15) is 13.2 Å². The Bertz CT molecular complexity index is 1040. The van der Waals surface area contributed by atoms with Gasteiger partial charge >= 0.3 is 6.18 Å². The lowest BCUT2D eigenvalue weighted by Crippen LogP contribution is -2.28. The molecule has 0 fully saturated rings. The smallest absolute Gasteiger partial charge is 0.449 e. The molecule has 0 aliphatic heterocycles. The molecule has 1 N–H and O–H groups in total. The van der Waals surface area contributed by atoms with E-state index in [0.29, 0.717) is 5.75 Å². The molecule has 0 saturated heterocycles. The lowest BCUT2D eigenvalue weighted by atomic mass is 10.3. The highest BCUT2D eigenvalue weighted by atomic mass is 32.2. The molecule has 3 aromatic rings. The summed E-state index contributed by atoms with van der Waals surface area (Å²) in [6.45, 7) is -0.442. The largest absolute Gasteiger partial charge is 0.497 e. The highest BCUT2D eigenvalue weighted by molar-refractivity contribution is 7.89. The predicted octanol–water partition coefficient (Wildman–Crippen LogP) is 3.04. The van der Waals surface area contributed by atoms with Gasteiger partial charge in [-0.3, -0.25) is 0 Å². The van der Waals surface area contributed by atoms with E-state index in [4.69, 9.17) is 4.74 Å². The minimum absolute atomic E-state index is 0.00478. The quantitative estimate of drug-likeness (QED) is 0.692. The van der Waals surface area contributed by atoms with Crippen molar-refractivity contribution in [3.8, 4) is 5.75 Å². The molecular formula is C17H16F3N3O3S. The molecule has 0 spiro atoms. The molecular weight excluding hydrogens is 383 g/mol. The molecule has 0 saturated carbocycles. The number of sulfonamides is 1. The van der Waals surface area contributed by atoms with Crippen molar-refractivity contribution >= 4 is 21.1 Å². The van der Waals surface area contributed by atoms with Crippen molar-refractivity contribution in [1.29, 1.82) is 0 Å². The maximum Gasteiger partial charge on any atom is 0.449 e. The number of nitrogens with one attached hydrogen (secondary N) is 1. The number of alkyl halides is 3. The Balaban J connectivity index is 1.80. The third-order valence-corrected chi connectivity index (χ3v) is 5.38. The van der Waals surface area contributed by atoms with Crippen LogP contribution in [0.25, 0.3) is 11.0 Å². The standard InChI is InChI=1S/C17H16F3N3O3S/c1-26-12-6-8-13(9-7-12)27(24,25)21-10-11-23-15-5-3-2-4-14(15)22-16(23)17(18,19)20/h2-9,21H,10-11H2,1H3. The van der Waals surface area contributed by atoms with E-state index in [2.05, 4.69) is 9.71 Å². The third kappa shape index (κ3) is 4.06. The normalized spacial score (nSPS) is 12.4. The lowest BCUT2D eigenvalue weighted by molar-refractivity contribution is -0.146. The van der Waals surface area contributed by atoms with E-state index in [9.17, 15) is 21.6 Å². The zero-order valence-electron chi connectivity index (χ0n) is 14.2. The molecule has 0 unspecified atom stereocenters. The average Bonchev–Trinajstić information content (AvgIpc) is 3.01. The monoisotopic (exact) mass is 399 g/mol. The van der Waals surface area contributed by atoms with E-state index >= 15 is 0 Å². The number of ether oxygens (including phenoxy) is 1. The molecule has 0 aliphatic rings. The molecule has 2 aromatic carbocycles. The summed E-state index contributed by atoms with van der Waals surface area (Å²) < 4.78 is 72.6. The molecule has 0 radical (unpaired) electrons. The molecule has 0 aliphatic carbocycles. The molecule has 10 heteroatoms. The van der Waals surface area contributed by atoms with Gasteiger partial charge < -0.3 is 9.30 Å². The summed E-state index contributed by atoms with van der Waals surface area (Å²) in [4.78, 5) is 3.62. The van der Waals surface area contributed by atoms with Crippen LogP contribution in [-0.2, 0) is 22.7 Å². The Morgan fingerprint density at radius 2 is 1.78 bits per heavy atom. The van der Waals surface area contributed by atoms with Crippen molar-refractivity contribution in [2.45, 2.75) is 17.6 Å². The molecule has 1 heterocycles. The average molecular weight is 399 g/mol. The third-order valence-electron chi connectivity index (χ3n) is 3.91. The first-order chi connectivity index (χ1) is 12.7. The zero-order valence-corrected chi connectivity index (χ0v) is 15.0. The van der Waals surface area contributed by atoms with Gasteiger partial charge in [-0.15, -0.1) is 0 Å². The first-order valence-electron chi connectivity index (χ1n) is 7.88. The van der Waals surface area contributed by atoms with Crippen LogP contribution in [-0.4, -0.2) is 31.6 Å². The first kappa shape index (κ1) is 19.2. The van der Waals surface area contributed by atoms with Crippen LogP contribution in [0.15, 0.2) is 53.4 Å². The number of para-hydroxylation sites is 2. The molecule has 144 valence electrons. The van der Waals surface area contributed by atoms with Crippen molar-refractivity contribution in [2.75, 3.05) is 13.7 Å². The summed E-state index contributed by atoms with van der Waals surface area (Å²) in [5.74, 6) is -0.569. The summed E-state index contributed by atoms with van der Waals surface area (Å²) in [5, 5.41) is 0. The summed E-state index contributed by atoms with van der Waals surface area (Å²) >= 11 is 0. The highest BCUT2D eigenvalue weighted by Gasteiger charge is 2.37. The molecule has 0 bridgehead atoms. The molecule has 27 heavy (non-hydrogen) atoms. The number of imidazole rings is 1. The molecule has 0 amide bonds. The van der Waals surface area contributed by atoms with Gasteiger partial charge in [0.25, 0.3) is 0 Å². The van der Waals surface area contributed by atoms with Crippen LogP contribution in [0.4, 0.5) is 13.2 Å². The van der Waals surface area contributed by atoms with E-state index < -0.39 is 22.0 Å². The van der Waals surface area contributed by atoms with Crippen LogP contribution in [0, 0.1) is 0 Å². The Kier molecular flexibility index (Phi) is 5.11. The molecule has 0 atom stereocenters. The topological polar surface area (TPSA) is 73.2 Å². The van der Waals surface area contributed by atoms with Crippen molar-refractivity contribution in [3.63, 3.8) is 0 Å². The van der Waals surface area contributed by atoms with Crippen LogP contribution >= 0.6 is 0 Å². The van der Waals surface area contributed by atoms with Crippen LogP contribution in [0.2, 0.25) is 0 Å². The van der Waals surface area contributed by atoms with E-state index in [0.717, 1.165) is 4.57 Å². The van der Waals surface area contributed by atoms with Crippen molar-refractivity contribution in [3.05, 3.63) is 54.4 Å². The molecule has 3 rings (SSSR count). The molecule has 1 aromatic heterocycles. The highest BCUT2D eigenvalue weighted by Crippen LogP contribution is 2.31. The van der Waals surface area contributed by atoms with Crippen molar-refractivity contribution in [1.82, 2.24) is 14.3 Å². The van der Waals surface area contributed by atoms with Crippen molar-refractivity contribution in [2.24, 2.45) is 0 Å². The number of aromatic nitrogens is 2. The van der Waals surface area contributed by atoms with Gasteiger partial charge in [0, 0.05) is 13.1 Å². The number of hydrogen-bond acceptors (Lipinski definition) is 4. The Labute approximate surface area is 153 Å². The predicted molar refractivity (Wildman–Crippen MR) is 92.9 cm³/mol. The van der Waals surface area contributed by atoms with Gasteiger partial charge in [-0.1, -0.05) is 12.1 Å². The second-order valence-electron chi connectivity index (χ2n) is 5.65. The van der Waals surface area contributed by atoms with Crippen LogP contribution in [0.3, 0.4) is 0 Å². The number of fused-ring (bicyclic) bond motifs is 1. The van der Waals surface area contributed by atoms with Gasteiger partial charge in [-0.05, 0) is 36.4 Å². The van der Waals surface area contributed by atoms with Gasteiger partial charge in [0.1, 0.15) is 5.75 Å². The van der Waals surface area contributed by atoms with Crippen LogP contribution in [0.5, 0.6) is 5.75 Å². The second kappa shape index (κ2) is 7.20. The summed E-state index contributed by atoms with van der Waals surface area (Å²) in [6.07, 6.45) is -4.64. The van der Waals surface area contributed by atoms with Crippen LogP contribution in [0.1, 0.15) is 5.82 Å². The summed E-state index contributed by atoms with van der Waals surface area (Å²) in [7, 11) is -2.41. The van der Waals surface area contributed by atoms with Gasteiger partial charge in [0.15, 0.2) is 0 Å². The fourth-order valence-electron chi connectivity index (χ4n) is 2.65. The minimum atomic E-state index is -4.64. The van der Waals surface area contributed by atoms with E-state index in [-0.39, 0.29) is 29.0 Å². The maximum atomic E-state index is 13.3. The van der Waals surface area contributed by atoms with E-state index in [1.165, 1.54) is 43.5 Å². The minimum Gasteiger partial charge on any atom is -0.497 e. The number of nitrogens with zero attached hydrogens (tertiary/aromatic N) is 2. The maximum absolute atomic E-state index is 13.3. The first-order valence-corrected chi connectivity index (χ1v) is 9.37. The second-order valence-corrected chi connectivity index (χ2v) is 7.41. The summed E-state index contributed by atoms with van der Waals surface area (Å²) in [5.41, 5.74) is 0.483. The zero-order chi connectivity index (χ0) is 19.7. The number of methoxy groups -OCH3 is 1. The van der Waals surface area contributed by atoms with Gasteiger partial charge in [-0.25, -0.2) is 18.1 Å². The van der Waals surface area contributed by atoms with E-state index in [1.807, 2.05) is 0 Å². The SMILES string of the molecule is COc1ccc(S(=O)(=O)NCCn2c(C(F)(F)F)nc3ccccc32)cc1. The fourth-order valence-corrected chi connectivity index (χ4v) is 3.67. The van der Waals surface area contributed by atoms with Crippen LogP contribution < -0.4 is 9.46 Å². The van der Waals surface area contributed by atoms with Gasteiger partial charge in [0.05, 0.1) is 23.0 Å². The van der Waals surface area contributed by atoms with E-state index in [1.54, 1.807) is 12.1 Å². The number of benzene rings is 2. The fraction of sp³-hybridized carbons (Fsp3) is 0.235. The number of rotatable bonds is 6. The lowest BCUT2D eigenvalue weighted by Gasteiger charge is -2.12. The Morgan fingerprint density at radius 1 is 1.11 bits per heavy atom. The van der Waals surface area contributed by atoms with Gasteiger partial charge in [0.2, 0.25) is 15.8 Å². The number of halogens is 3. The van der Waals surface area contributed by atoms with Crippen molar-refractivity contribution < 1.29 is 26.3 Å². The summed E-state index contributed by atoms with van der Waals surface area (Å²) in [6, 6.07) is 11.9.